The zero-order valence-corrected chi connectivity index (χ0v) is 20.5. The van der Waals surface area contributed by atoms with Crippen molar-refractivity contribution < 1.29 is 53.4 Å². The molecule has 11 nitrogen and oxygen atoms in total. The Balaban J connectivity index is 1.53. The molecule has 4 atom stereocenters. The van der Waals surface area contributed by atoms with Crippen molar-refractivity contribution in [2.45, 2.75) is 49.8 Å². The summed E-state index contributed by atoms with van der Waals surface area (Å²) in [4.78, 5) is 40.3. The summed E-state index contributed by atoms with van der Waals surface area (Å²) in [7, 11) is 1.36. The van der Waals surface area contributed by atoms with Crippen LogP contribution in [0, 0.1) is 0 Å². The van der Waals surface area contributed by atoms with Gasteiger partial charge in [0.25, 0.3) is 0 Å². The maximum Gasteiger partial charge on any atom is 0.202 e. The number of phenols is 2. The van der Waals surface area contributed by atoms with E-state index in [4.69, 9.17) is 23.7 Å². The Labute approximate surface area is 216 Å². The molecule has 11 heteroatoms. The van der Waals surface area contributed by atoms with Gasteiger partial charge in [-0.2, -0.15) is 0 Å². The van der Waals surface area contributed by atoms with Gasteiger partial charge in [0.05, 0.1) is 42.6 Å². The molecule has 0 unspecified atom stereocenters. The number of hydrogen-bond acceptors (Lipinski definition) is 11. The lowest BCUT2D eigenvalue weighted by atomic mass is 9.71. The number of ether oxygens (including phenoxy) is 5. The number of hydrogen-bond donors (Lipinski definition) is 3. The van der Waals surface area contributed by atoms with Gasteiger partial charge in [-0.3, -0.25) is 14.4 Å². The average molecular weight is 526 g/mol. The average Bonchev–Trinajstić information content (AvgIpc) is 2.91. The molecule has 2 saturated heterocycles. The first-order valence-electron chi connectivity index (χ1n) is 12.3. The van der Waals surface area contributed by atoms with E-state index in [1.807, 2.05) is 0 Å². The SMILES string of the molecule is COc1cccc2c1C(=O)c1c(O)c3c(c(O)c1C2=O)C[C@@]1(C[C@@H]3O[C@H]2CC[C@@H](O)CO2)OCOCC1=O. The number of carbonyl (C=O) groups is 3. The zero-order chi connectivity index (χ0) is 26.8. The van der Waals surface area contributed by atoms with Gasteiger partial charge in [-0.05, 0) is 12.5 Å². The van der Waals surface area contributed by atoms with Gasteiger partial charge in [0.1, 0.15) is 36.2 Å². The minimum atomic E-state index is -1.44. The van der Waals surface area contributed by atoms with Crippen LogP contribution in [-0.4, -0.2) is 77.8 Å². The minimum Gasteiger partial charge on any atom is -0.507 e. The normalized spacial score (nSPS) is 28.6. The highest BCUT2D eigenvalue weighted by molar-refractivity contribution is 6.31. The summed E-state index contributed by atoms with van der Waals surface area (Å²) in [6.07, 6.45) is -1.90. The molecule has 2 aliphatic heterocycles. The van der Waals surface area contributed by atoms with Crippen molar-refractivity contribution in [3.05, 3.63) is 51.6 Å². The number of Topliss-reactive ketones (excluding diaryl/α,β-unsaturated/α-hetero) is 1. The first kappa shape index (κ1) is 25.0. The van der Waals surface area contributed by atoms with E-state index in [0.29, 0.717) is 12.8 Å². The van der Waals surface area contributed by atoms with Crippen molar-refractivity contribution in [2.75, 3.05) is 27.1 Å². The largest absolute Gasteiger partial charge is 0.507 e. The number of aromatic hydroxyl groups is 2. The summed E-state index contributed by atoms with van der Waals surface area (Å²) < 4.78 is 28.0. The molecule has 2 heterocycles. The molecule has 2 fully saturated rings. The second kappa shape index (κ2) is 9.14. The van der Waals surface area contributed by atoms with E-state index in [1.54, 1.807) is 6.07 Å². The van der Waals surface area contributed by atoms with Crippen LogP contribution in [0.1, 0.15) is 68.3 Å². The molecule has 2 aliphatic carbocycles. The molecule has 1 spiro atoms. The highest BCUT2D eigenvalue weighted by Gasteiger charge is 2.52. The van der Waals surface area contributed by atoms with Crippen LogP contribution >= 0.6 is 0 Å². The van der Waals surface area contributed by atoms with E-state index in [9.17, 15) is 29.7 Å². The summed E-state index contributed by atoms with van der Waals surface area (Å²) in [6.45, 7) is -0.331. The summed E-state index contributed by atoms with van der Waals surface area (Å²) >= 11 is 0. The first-order chi connectivity index (χ1) is 18.3. The maximum atomic E-state index is 13.7. The molecule has 4 aliphatic rings. The lowest BCUT2D eigenvalue weighted by Crippen LogP contribution is -2.53. The number of benzene rings is 2. The van der Waals surface area contributed by atoms with Gasteiger partial charge in [-0.25, -0.2) is 0 Å². The lowest BCUT2D eigenvalue weighted by molar-refractivity contribution is -0.236. The van der Waals surface area contributed by atoms with Crippen LogP contribution in [0.3, 0.4) is 0 Å². The quantitative estimate of drug-likeness (QED) is 0.427. The number of aliphatic hydroxyl groups is 1. The number of ketones is 3. The predicted octanol–water partition coefficient (Wildman–Crippen LogP) is 1.70. The number of phenolic OH excluding ortho intramolecular Hbond substituents is 2. The Morgan fingerprint density at radius 2 is 1.82 bits per heavy atom. The van der Waals surface area contributed by atoms with Crippen molar-refractivity contribution in [1.82, 2.24) is 0 Å². The van der Waals surface area contributed by atoms with Crippen LogP contribution in [0.25, 0.3) is 0 Å². The van der Waals surface area contributed by atoms with Gasteiger partial charge in [0.2, 0.25) is 5.78 Å². The molecular formula is C27H26O11. The molecule has 0 bridgehead atoms. The number of methoxy groups -OCH3 is 1. The van der Waals surface area contributed by atoms with Gasteiger partial charge < -0.3 is 39.0 Å². The molecule has 200 valence electrons. The van der Waals surface area contributed by atoms with E-state index < -0.39 is 47.2 Å². The van der Waals surface area contributed by atoms with Crippen molar-refractivity contribution in [3.8, 4) is 17.2 Å². The van der Waals surface area contributed by atoms with Gasteiger partial charge >= 0.3 is 0 Å². The highest BCUT2D eigenvalue weighted by atomic mass is 16.7. The molecule has 6 rings (SSSR count). The van der Waals surface area contributed by atoms with E-state index in [0.717, 1.165) is 0 Å². The Morgan fingerprint density at radius 1 is 1.03 bits per heavy atom. The minimum absolute atomic E-state index is 0.0144. The molecular weight excluding hydrogens is 500 g/mol. The van der Waals surface area contributed by atoms with Crippen molar-refractivity contribution >= 4 is 17.3 Å². The molecule has 0 amide bonds. The number of fused-ring (bicyclic) bond motifs is 3. The van der Waals surface area contributed by atoms with Gasteiger partial charge in [-0.1, -0.05) is 12.1 Å². The fraction of sp³-hybridized carbons (Fsp3) is 0.444. The standard InChI is InChI=1S/C27H26O11/c1-34-15-4-2-3-13-19(15)25(32)22-21(23(13)30)24(31)14-7-27(17(29)10-35-11-37-27)8-16(20(14)26(22)33)38-18-6-5-12(28)9-36-18/h2-4,12,16,18,28,31,33H,5-11H2,1H3/t12-,16+,18+,27+/m1/s1. The summed E-state index contributed by atoms with van der Waals surface area (Å²) in [5.41, 5.74) is -1.96. The van der Waals surface area contributed by atoms with Gasteiger partial charge in [-0.15, -0.1) is 0 Å². The Hall–Kier alpha value is -3.35. The summed E-state index contributed by atoms with van der Waals surface area (Å²) in [6, 6.07) is 4.53. The molecule has 0 aromatic heterocycles. The fourth-order valence-electron chi connectivity index (χ4n) is 5.85. The Morgan fingerprint density at radius 3 is 2.53 bits per heavy atom. The fourth-order valence-corrected chi connectivity index (χ4v) is 5.85. The predicted molar refractivity (Wildman–Crippen MR) is 126 cm³/mol. The van der Waals surface area contributed by atoms with Gasteiger partial charge in [0, 0.05) is 36.0 Å². The highest BCUT2D eigenvalue weighted by Crippen LogP contribution is 2.53. The third-order valence-electron chi connectivity index (χ3n) is 7.75. The molecule has 38 heavy (non-hydrogen) atoms. The van der Waals surface area contributed by atoms with Gasteiger partial charge in [0.15, 0.2) is 17.9 Å². The van der Waals surface area contributed by atoms with Crippen molar-refractivity contribution in [3.63, 3.8) is 0 Å². The second-order valence-electron chi connectivity index (χ2n) is 9.91. The van der Waals surface area contributed by atoms with E-state index >= 15 is 0 Å². The third kappa shape index (κ3) is 3.65. The van der Waals surface area contributed by atoms with Crippen LogP contribution < -0.4 is 4.74 Å². The van der Waals surface area contributed by atoms with Crippen LogP contribution in [0.4, 0.5) is 0 Å². The number of aliphatic hydroxyl groups excluding tert-OH is 1. The molecule has 0 radical (unpaired) electrons. The lowest BCUT2D eigenvalue weighted by Gasteiger charge is -2.44. The number of rotatable bonds is 3. The molecule has 3 N–H and O–H groups in total. The van der Waals surface area contributed by atoms with E-state index in [-0.39, 0.29) is 77.8 Å². The topological polar surface area (TPSA) is 158 Å². The Bertz CT molecular complexity index is 1360. The first-order valence-corrected chi connectivity index (χ1v) is 12.3. The maximum absolute atomic E-state index is 13.7. The van der Waals surface area contributed by atoms with Crippen molar-refractivity contribution in [1.29, 1.82) is 0 Å². The van der Waals surface area contributed by atoms with Crippen LogP contribution in [-0.2, 0) is 30.2 Å². The van der Waals surface area contributed by atoms with E-state index in [1.165, 1.54) is 19.2 Å². The van der Waals surface area contributed by atoms with Crippen LogP contribution in [0.15, 0.2) is 18.2 Å². The Kier molecular flexibility index (Phi) is 6.00. The smallest absolute Gasteiger partial charge is 0.202 e. The van der Waals surface area contributed by atoms with E-state index in [2.05, 4.69) is 0 Å². The zero-order valence-electron chi connectivity index (χ0n) is 20.5. The summed E-state index contributed by atoms with van der Waals surface area (Å²) in [5.74, 6) is -2.60. The molecule has 2 aromatic rings. The monoisotopic (exact) mass is 526 g/mol. The third-order valence-corrected chi connectivity index (χ3v) is 7.75. The molecule has 0 saturated carbocycles. The summed E-state index contributed by atoms with van der Waals surface area (Å²) in [5, 5.41) is 32.8. The second-order valence-corrected chi connectivity index (χ2v) is 9.91. The van der Waals surface area contributed by atoms with Crippen molar-refractivity contribution in [2.24, 2.45) is 0 Å². The van der Waals surface area contributed by atoms with Crippen LogP contribution in [0.5, 0.6) is 17.2 Å². The van der Waals surface area contributed by atoms with Crippen LogP contribution in [0.2, 0.25) is 0 Å². The number of carbonyl (C=O) groups excluding carboxylic acids is 3. The molecule has 2 aromatic carbocycles.